The van der Waals surface area contributed by atoms with Gasteiger partial charge in [0.25, 0.3) is 0 Å². The Morgan fingerprint density at radius 1 is 0.875 bits per heavy atom. The molecule has 0 aromatic carbocycles. The molecule has 0 aromatic rings. The summed E-state index contributed by atoms with van der Waals surface area (Å²) in [5, 5.41) is 3.73. The van der Waals surface area contributed by atoms with E-state index in [-0.39, 0.29) is 18.5 Å². The van der Waals surface area contributed by atoms with E-state index in [1.807, 2.05) is 11.8 Å². The minimum Gasteiger partial charge on any atom is -0.370 e. The second-order valence-electron chi connectivity index (χ2n) is 4.03. The molecule has 1 N–H and O–H groups in total. The normalized spacial score (nSPS) is 41.6. The molecule has 0 amide bonds. The molecule has 3 aliphatic rings. The molecule has 3 atom stereocenters. The summed E-state index contributed by atoms with van der Waals surface area (Å²) in [5.74, 6) is 1.13. The van der Waals surface area contributed by atoms with Gasteiger partial charge in [0.1, 0.15) is 12.2 Å². The fourth-order valence-corrected chi connectivity index (χ4v) is 3.42. The summed E-state index contributed by atoms with van der Waals surface area (Å²) in [7, 11) is 0. The molecule has 3 aliphatic heterocycles. The third-order valence-corrected chi connectivity index (χ3v) is 4.22. The van der Waals surface area contributed by atoms with Crippen LogP contribution in [0.1, 0.15) is 0 Å². The molecule has 3 heterocycles. The molecule has 3 rings (SSSR count). The largest absolute Gasteiger partial charge is 0.370 e. The Morgan fingerprint density at radius 3 is 2.25 bits per heavy atom. The highest BCUT2D eigenvalue weighted by Crippen LogP contribution is 2.28. The van der Waals surface area contributed by atoms with E-state index in [1.165, 1.54) is 0 Å². The predicted octanol–water partition coefficient (Wildman–Crippen LogP) is -0.194. The van der Waals surface area contributed by atoms with Gasteiger partial charge in [0.05, 0.1) is 31.8 Å². The van der Waals surface area contributed by atoms with Crippen LogP contribution in [0.25, 0.3) is 0 Å². The minimum atomic E-state index is -0.256. The van der Waals surface area contributed by atoms with Gasteiger partial charge in [-0.2, -0.15) is 0 Å². The predicted molar refractivity (Wildman–Crippen MR) is 59.4 cm³/mol. The van der Waals surface area contributed by atoms with Gasteiger partial charge < -0.3 is 24.3 Å². The van der Waals surface area contributed by atoms with Crippen molar-refractivity contribution in [3.05, 3.63) is 0 Å². The van der Waals surface area contributed by atoms with Crippen LogP contribution in [-0.4, -0.2) is 62.6 Å². The maximum Gasteiger partial charge on any atom is 0.186 e. The highest BCUT2D eigenvalue weighted by Gasteiger charge is 2.42. The lowest BCUT2D eigenvalue weighted by Gasteiger charge is -2.37. The first kappa shape index (κ1) is 11.3. The van der Waals surface area contributed by atoms with Gasteiger partial charge in [0.15, 0.2) is 6.29 Å². The van der Waals surface area contributed by atoms with Crippen LogP contribution in [0.15, 0.2) is 0 Å². The van der Waals surface area contributed by atoms with E-state index in [0.29, 0.717) is 31.8 Å². The molecule has 16 heavy (non-hydrogen) atoms. The fourth-order valence-electron chi connectivity index (χ4n) is 2.27. The Kier molecular flexibility index (Phi) is 3.66. The summed E-state index contributed by atoms with van der Waals surface area (Å²) in [6.45, 7) is 3.63. The van der Waals surface area contributed by atoms with Crippen LogP contribution in [0, 0.1) is 0 Å². The van der Waals surface area contributed by atoms with Crippen molar-refractivity contribution in [1.82, 2.24) is 5.32 Å². The summed E-state index contributed by atoms with van der Waals surface area (Å²) in [4.78, 5) is 0. The number of hydrogen-bond donors (Lipinski definition) is 1. The van der Waals surface area contributed by atoms with E-state index < -0.39 is 0 Å². The van der Waals surface area contributed by atoms with Crippen molar-refractivity contribution in [3.63, 3.8) is 0 Å². The number of thioether (sulfide) groups is 1. The Hall–Kier alpha value is 0.150. The first-order valence-electron chi connectivity index (χ1n) is 5.76. The molecule has 3 unspecified atom stereocenters. The van der Waals surface area contributed by atoms with Crippen molar-refractivity contribution in [2.24, 2.45) is 0 Å². The highest BCUT2D eigenvalue weighted by molar-refractivity contribution is 8.00. The van der Waals surface area contributed by atoms with E-state index in [1.54, 1.807) is 0 Å². The Morgan fingerprint density at radius 2 is 1.56 bits per heavy atom. The number of nitrogens with one attached hydrogen (secondary N) is 1. The zero-order valence-electron chi connectivity index (χ0n) is 9.09. The number of ether oxygens (including phenoxy) is 4. The topological polar surface area (TPSA) is 49.0 Å². The van der Waals surface area contributed by atoms with Crippen LogP contribution < -0.4 is 5.32 Å². The number of hydrogen-bond acceptors (Lipinski definition) is 6. The van der Waals surface area contributed by atoms with Crippen LogP contribution in [-0.2, 0) is 18.9 Å². The van der Waals surface area contributed by atoms with Gasteiger partial charge in [-0.1, -0.05) is 0 Å². The van der Waals surface area contributed by atoms with Gasteiger partial charge in [-0.15, -0.1) is 11.8 Å². The fraction of sp³-hybridized carbons (Fsp3) is 1.00. The van der Waals surface area contributed by atoms with Gasteiger partial charge in [0, 0.05) is 12.3 Å². The summed E-state index contributed by atoms with van der Waals surface area (Å²) >= 11 is 1.88. The molecule has 92 valence electrons. The Balaban J connectivity index is 1.67. The van der Waals surface area contributed by atoms with E-state index >= 15 is 0 Å². The van der Waals surface area contributed by atoms with Gasteiger partial charge in [-0.05, 0) is 0 Å². The van der Waals surface area contributed by atoms with E-state index in [2.05, 4.69) is 5.32 Å². The van der Waals surface area contributed by atoms with Crippen LogP contribution in [0.5, 0.6) is 0 Å². The molecule has 0 aromatic heterocycles. The van der Waals surface area contributed by atoms with E-state index in [0.717, 1.165) is 12.3 Å². The lowest BCUT2D eigenvalue weighted by molar-refractivity contribution is -0.223. The standard InChI is InChI=1S/C10H17NO4S/c1-6-16-9(11-1)7-8(13-3-2-12-7)10-14-4-5-15-10/h7-11H,1-6H2. The highest BCUT2D eigenvalue weighted by atomic mass is 32.2. The van der Waals surface area contributed by atoms with Gasteiger partial charge in [-0.25, -0.2) is 0 Å². The molecule has 3 fully saturated rings. The lowest BCUT2D eigenvalue weighted by Crippen LogP contribution is -2.53. The Bertz CT molecular complexity index is 207. The molecular weight excluding hydrogens is 230 g/mol. The summed E-state index contributed by atoms with van der Waals surface area (Å²) in [6.07, 6.45) is -0.322. The monoisotopic (exact) mass is 247 g/mol. The molecule has 3 saturated heterocycles. The zero-order chi connectivity index (χ0) is 10.8. The van der Waals surface area contributed by atoms with Gasteiger partial charge in [-0.3, -0.25) is 0 Å². The average molecular weight is 247 g/mol. The van der Waals surface area contributed by atoms with Crippen LogP contribution >= 0.6 is 11.8 Å². The Labute approximate surface area is 99.1 Å². The zero-order valence-corrected chi connectivity index (χ0v) is 9.91. The van der Waals surface area contributed by atoms with Crippen molar-refractivity contribution in [3.8, 4) is 0 Å². The smallest absolute Gasteiger partial charge is 0.186 e. The van der Waals surface area contributed by atoms with Crippen molar-refractivity contribution < 1.29 is 18.9 Å². The second kappa shape index (κ2) is 5.20. The van der Waals surface area contributed by atoms with Crippen molar-refractivity contribution in [2.75, 3.05) is 38.7 Å². The van der Waals surface area contributed by atoms with E-state index in [4.69, 9.17) is 18.9 Å². The molecule has 0 saturated carbocycles. The molecule has 0 bridgehead atoms. The average Bonchev–Trinajstić information content (AvgIpc) is 3.03. The van der Waals surface area contributed by atoms with Gasteiger partial charge in [0.2, 0.25) is 0 Å². The minimum absolute atomic E-state index is 0.0318. The molecule has 0 aliphatic carbocycles. The van der Waals surface area contributed by atoms with E-state index in [9.17, 15) is 0 Å². The maximum absolute atomic E-state index is 5.82. The molecule has 6 heteroatoms. The summed E-state index contributed by atoms with van der Waals surface area (Å²) in [5.41, 5.74) is 0. The molecule has 0 radical (unpaired) electrons. The molecule has 0 spiro atoms. The first-order valence-corrected chi connectivity index (χ1v) is 6.81. The lowest BCUT2D eigenvalue weighted by atomic mass is 10.1. The first-order chi connectivity index (χ1) is 7.95. The van der Waals surface area contributed by atoms with Crippen molar-refractivity contribution in [1.29, 1.82) is 0 Å². The molecular formula is C10H17NO4S. The second-order valence-corrected chi connectivity index (χ2v) is 5.28. The third kappa shape index (κ3) is 2.23. The summed E-state index contributed by atoms with van der Waals surface area (Å²) < 4.78 is 22.6. The van der Waals surface area contributed by atoms with Crippen molar-refractivity contribution in [2.45, 2.75) is 23.9 Å². The van der Waals surface area contributed by atoms with Crippen LogP contribution in [0.2, 0.25) is 0 Å². The van der Waals surface area contributed by atoms with Crippen molar-refractivity contribution >= 4 is 11.8 Å². The molecule has 5 nitrogen and oxygen atoms in total. The number of rotatable bonds is 2. The maximum atomic E-state index is 5.82. The SMILES string of the molecule is C1CSC(C2OCCOC2C2OCCO2)N1. The van der Waals surface area contributed by atoms with Crippen LogP contribution in [0.4, 0.5) is 0 Å². The third-order valence-electron chi connectivity index (χ3n) is 2.99. The summed E-state index contributed by atoms with van der Waals surface area (Å²) in [6, 6.07) is 0. The quantitative estimate of drug-likeness (QED) is 0.729. The van der Waals surface area contributed by atoms with Gasteiger partial charge >= 0.3 is 0 Å². The van der Waals surface area contributed by atoms with Crippen LogP contribution in [0.3, 0.4) is 0 Å².